The summed E-state index contributed by atoms with van der Waals surface area (Å²) in [6.45, 7) is 0. The molecule has 1 nitrogen and oxygen atoms in total. The van der Waals surface area contributed by atoms with Crippen molar-refractivity contribution in [3.05, 3.63) is 47.8 Å². The van der Waals surface area contributed by atoms with Crippen LogP contribution in [-0.4, -0.2) is 0 Å². The van der Waals surface area contributed by atoms with Crippen LogP contribution in [0.2, 0.25) is 0 Å². The molecule has 0 amide bonds. The van der Waals surface area contributed by atoms with Crippen molar-refractivity contribution in [1.82, 2.24) is 5.32 Å². The van der Waals surface area contributed by atoms with Gasteiger partial charge in [0.15, 0.2) is 0 Å². The molecule has 53 valence electrons. The Bertz CT molecular complexity index is 279. The van der Waals surface area contributed by atoms with E-state index in [1.165, 1.54) is 11.1 Å². The minimum absolute atomic E-state index is 1.23. The van der Waals surface area contributed by atoms with Crippen molar-refractivity contribution in [2.75, 3.05) is 0 Å². The summed E-state index contributed by atoms with van der Waals surface area (Å²) in [5.41, 5.74) is 2.45. The Hall–Kier alpha value is -1.50. The van der Waals surface area contributed by atoms with Gasteiger partial charge in [-0.05, 0) is 23.3 Å². The second-order valence-corrected chi connectivity index (χ2v) is 2.41. The van der Waals surface area contributed by atoms with E-state index in [1.54, 1.807) is 0 Å². The number of fused-ring (bicyclic) bond motifs is 1. The first-order chi connectivity index (χ1) is 5.47. The summed E-state index contributed by atoms with van der Waals surface area (Å²) in [7, 11) is 0. The summed E-state index contributed by atoms with van der Waals surface area (Å²) in [5.74, 6) is 0. The number of rotatable bonds is 0. The highest BCUT2D eigenvalue weighted by Crippen LogP contribution is 2.13. The largest absolute Gasteiger partial charge is 0.265 e. The fraction of sp³-hybridized carbons (Fsp3) is 0. The fourth-order valence-corrected chi connectivity index (χ4v) is 1.11. The molecule has 2 rings (SSSR count). The van der Waals surface area contributed by atoms with E-state index in [2.05, 4.69) is 17.4 Å². The van der Waals surface area contributed by atoms with Gasteiger partial charge >= 0.3 is 0 Å². The summed E-state index contributed by atoms with van der Waals surface area (Å²) in [6.07, 6.45) is 7.63. The van der Waals surface area contributed by atoms with Crippen LogP contribution in [0.4, 0.5) is 0 Å². The lowest BCUT2D eigenvalue weighted by atomic mass is 10.1. The van der Waals surface area contributed by atoms with Crippen LogP contribution >= 0.6 is 0 Å². The highest BCUT2D eigenvalue weighted by Gasteiger charge is 1.95. The lowest BCUT2D eigenvalue weighted by molar-refractivity contribution is 1.20. The lowest BCUT2D eigenvalue weighted by Gasteiger charge is -1.95. The Morgan fingerprint density at radius 2 is 1.36 bits per heavy atom. The average molecular weight is 142 g/mol. The third-order valence-electron chi connectivity index (χ3n) is 1.68. The summed E-state index contributed by atoms with van der Waals surface area (Å²) in [6, 6.07) is 8.22. The number of hydrogen-bond acceptors (Lipinski definition) is 0. The van der Waals surface area contributed by atoms with Crippen molar-refractivity contribution in [2.24, 2.45) is 0 Å². The standard InChI is InChI=1S/C10H8N/c1-2-4-10-6-8-11-7-5-9(10)3-1/h1-8H. The van der Waals surface area contributed by atoms with Gasteiger partial charge in [-0.25, -0.2) is 0 Å². The second-order valence-electron chi connectivity index (χ2n) is 2.41. The Kier molecular flexibility index (Phi) is 1.48. The highest BCUT2D eigenvalue weighted by atomic mass is 14.8. The zero-order chi connectivity index (χ0) is 7.52. The van der Waals surface area contributed by atoms with Gasteiger partial charge in [0.2, 0.25) is 0 Å². The first-order valence-corrected chi connectivity index (χ1v) is 3.59. The van der Waals surface area contributed by atoms with Crippen LogP contribution in [0.3, 0.4) is 0 Å². The van der Waals surface area contributed by atoms with E-state index in [-0.39, 0.29) is 0 Å². The van der Waals surface area contributed by atoms with Crippen LogP contribution in [0.15, 0.2) is 36.7 Å². The van der Waals surface area contributed by atoms with Crippen LogP contribution in [0, 0.1) is 0 Å². The fourth-order valence-electron chi connectivity index (χ4n) is 1.11. The molecule has 1 aliphatic heterocycles. The topological polar surface area (TPSA) is 14.1 Å². The molecule has 0 atom stereocenters. The molecule has 1 radical (unpaired) electrons. The smallest absolute Gasteiger partial charge is 0.0273 e. The van der Waals surface area contributed by atoms with Crippen molar-refractivity contribution < 1.29 is 0 Å². The number of benzene rings is 1. The molecule has 1 heteroatoms. The molecular formula is C10H8N. The van der Waals surface area contributed by atoms with E-state index < -0.39 is 0 Å². The Morgan fingerprint density at radius 3 is 1.91 bits per heavy atom. The van der Waals surface area contributed by atoms with Gasteiger partial charge in [0.1, 0.15) is 0 Å². The van der Waals surface area contributed by atoms with Crippen LogP contribution in [0.1, 0.15) is 11.1 Å². The van der Waals surface area contributed by atoms with Gasteiger partial charge in [0, 0.05) is 12.4 Å². The molecule has 1 aromatic rings. The minimum Gasteiger partial charge on any atom is -0.265 e. The predicted molar refractivity (Wildman–Crippen MR) is 46.6 cm³/mol. The van der Waals surface area contributed by atoms with E-state index in [0.29, 0.717) is 0 Å². The molecule has 0 bridgehead atoms. The highest BCUT2D eigenvalue weighted by molar-refractivity contribution is 5.66. The number of hydrogen-bond donors (Lipinski definition) is 0. The van der Waals surface area contributed by atoms with Gasteiger partial charge < -0.3 is 0 Å². The first kappa shape index (κ1) is 6.23. The lowest BCUT2D eigenvalue weighted by Crippen LogP contribution is -1.76. The van der Waals surface area contributed by atoms with Gasteiger partial charge in [-0.15, -0.1) is 0 Å². The Labute approximate surface area is 66.1 Å². The van der Waals surface area contributed by atoms with Crippen molar-refractivity contribution in [1.29, 1.82) is 0 Å². The normalized spacial score (nSPS) is 13.5. The molecule has 0 unspecified atom stereocenters. The van der Waals surface area contributed by atoms with Gasteiger partial charge in [-0.1, -0.05) is 24.3 Å². The quantitative estimate of drug-likeness (QED) is 0.527. The Balaban J connectivity index is 2.58. The van der Waals surface area contributed by atoms with Crippen molar-refractivity contribution in [3.8, 4) is 0 Å². The van der Waals surface area contributed by atoms with Crippen LogP contribution < -0.4 is 5.32 Å². The molecule has 0 saturated carbocycles. The van der Waals surface area contributed by atoms with Crippen LogP contribution in [0.5, 0.6) is 0 Å². The van der Waals surface area contributed by atoms with Crippen LogP contribution in [-0.2, 0) is 0 Å². The van der Waals surface area contributed by atoms with Crippen molar-refractivity contribution in [2.45, 2.75) is 0 Å². The average Bonchev–Trinajstić information content (AvgIpc) is 2.28. The molecule has 0 spiro atoms. The van der Waals surface area contributed by atoms with Crippen LogP contribution in [0.25, 0.3) is 12.2 Å². The monoisotopic (exact) mass is 142 g/mol. The summed E-state index contributed by atoms with van der Waals surface area (Å²) >= 11 is 0. The summed E-state index contributed by atoms with van der Waals surface area (Å²) < 4.78 is 0. The third kappa shape index (κ3) is 1.17. The maximum atomic E-state index is 4.02. The summed E-state index contributed by atoms with van der Waals surface area (Å²) in [5, 5.41) is 4.02. The van der Waals surface area contributed by atoms with Crippen molar-refractivity contribution in [3.63, 3.8) is 0 Å². The molecule has 11 heavy (non-hydrogen) atoms. The number of nitrogens with zero attached hydrogens (tertiary/aromatic N) is 1. The molecule has 0 aliphatic carbocycles. The first-order valence-electron chi connectivity index (χ1n) is 3.59. The van der Waals surface area contributed by atoms with E-state index in [1.807, 2.05) is 36.7 Å². The molecule has 1 aromatic carbocycles. The maximum Gasteiger partial charge on any atom is 0.0273 e. The van der Waals surface area contributed by atoms with E-state index in [0.717, 1.165) is 0 Å². The summed E-state index contributed by atoms with van der Waals surface area (Å²) in [4.78, 5) is 0. The second kappa shape index (κ2) is 2.62. The van der Waals surface area contributed by atoms with E-state index in [4.69, 9.17) is 0 Å². The van der Waals surface area contributed by atoms with Gasteiger partial charge in [-0.3, -0.25) is 5.32 Å². The zero-order valence-electron chi connectivity index (χ0n) is 6.07. The molecule has 0 N–H and O–H groups in total. The maximum absolute atomic E-state index is 4.02. The zero-order valence-corrected chi connectivity index (χ0v) is 6.07. The third-order valence-corrected chi connectivity index (χ3v) is 1.68. The molecule has 0 fully saturated rings. The minimum atomic E-state index is 1.23. The van der Waals surface area contributed by atoms with Crippen molar-refractivity contribution >= 4 is 12.2 Å². The molecular weight excluding hydrogens is 134 g/mol. The Morgan fingerprint density at radius 1 is 0.818 bits per heavy atom. The van der Waals surface area contributed by atoms with E-state index in [9.17, 15) is 0 Å². The predicted octanol–water partition coefficient (Wildman–Crippen LogP) is 2.25. The molecule has 0 aromatic heterocycles. The van der Waals surface area contributed by atoms with Gasteiger partial charge in [0.05, 0.1) is 0 Å². The van der Waals surface area contributed by atoms with Gasteiger partial charge in [-0.2, -0.15) is 0 Å². The van der Waals surface area contributed by atoms with E-state index >= 15 is 0 Å². The molecule has 1 aliphatic rings. The molecule has 1 heterocycles. The SMILES string of the molecule is C1=Cc2ccccc2C=C[N]1. The molecule has 0 saturated heterocycles. The van der Waals surface area contributed by atoms with Gasteiger partial charge in [0.25, 0.3) is 0 Å².